The van der Waals surface area contributed by atoms with E-state index in [9.17, 15) is 12.8 Å². The fourth-order valence-corrected chi connectivity index (χ4v) is 3.63. The summed E-state index contributed by atoms with van der Waals surface area (Å²) < 4.78 is 36.6. The molecule has 0 aliphatic heterocycles. The summed E-state index contributed by atoms with van der Waals surface area (Å²) in [5, 5.41) is 4.98. The third-order valence-electron chi connectivity index (χ3n) is 3.90. The first kappa shape index (κ1) is 17.6. The SMILES string of the molecule is Cc1cncc(C2C=CC(c3ccc(S(N)(=O)=O)c(F)c3)=CC2=S)c1. The molecule has 1 unspecified atom stereocenters. The fraction of sp³-hybridized carbons (Fsp3) is 0.111. The first-order valence-electron chi connectivity index (χ1n) is 7.44. The number of pyridine rings is 1. The van der Waals surface area contributed by atoms with Crippen LogP contribution in [-0.2, 0) is 10.0 Å². The van der Waals surface area contributed by atoms with Gasteiger partial charge in [-0.05, 0) is 47.4 Å². The van der Waals surface area contributed by atoms with Gasteiger partial charge in [0.25, 0.3) is 0 Å². The molecule has 1 aliphatic carbocycles. The summed E-state index contributed by atoms with van der Waals surface area (Å²) in [5.74, 6) is -0.954. The predicted octanol–water partition coefficient (Wildman–Crippen LogP) is 3.28. The van der Waals surface area contributed by atoms with Gasteiger partial charge in [-0.25, -0.2) is 17.9 Å². The standard InChI is InChI=1S/C18H15FN2O2S2/c1-11-6-14(10-21-9-11)15-4-2-13(8-17(15)24)12-3-5-18(16(19)7-12)25(20,22)23/h2-10,15H,1H3,(H2,20,22,23). The molecule has 7 heteroatoms. The maximum atomic E-state index is 14.0. The van der Waals surface area contributed by atoms with Crippen molar-refractivity contribution in [1.29, 1.82) is 0 Å². The van der Waals surface area contributed by atoms with E-state index in [4.69, 9.17) is 17.4 Å². The van der Waals surface area contributed by atoms with E-state index in [-0.39, 0.29) is 5.92 Å². The molecule has 0 fully saturated rings. The lowest BCUT2D eigenvalue weighted by Crippen LogP contribution is -2.14. The Balaban J connectivity index is 1.92. The van der Waals surface area contributed by atoms with E-state index in [2.05, 4.69) is 4.98 Å². The van der Waals surface area contributed by atoms with Gasteiger partial charge < -0.3 is 0 Å². The monoisotopic (exact) mass is 374 g/mol. The highest BCUT2D eigenvalue weighted by Crippen LogP contribution is 2.30. The van der Waals surface area contributed by atoms with Gasteiger partial charge in [-0.15, -0.1) is 0 Å². The Kier molecular flexibility index (Phi) is 4.64. The lowest BCUT2D eigenvalue weighted by Gasteiger charge is -2.18. The number of nitrogens with two attached hydrogens (primary N) is 1. The molecule has 0 bridgehead atoms. The molecular formula is C18H15FN2O2S2. The second kappa shape index (κ2) is 6.59. The first-order valence-corrected chi connectivity index (χ1v) is 9.39. The van der Waals surface area contributed by atoms with Crippen molar-refractivity contribution < 1.29 is 12.8 Å². The summed E-state index contributed by atoms with van der Waals surface area (Å²) in [4.78, 5) is 4.34. The number of nitrogens with zero attached hydrogens (tertiary/aromatic N) is 1. The number of hydrogen-bond donors (Lipinski definition) is 1. The van der Waals surface area contributed by atoms with Gasteiger partial charge in [-0.3, -0.25) is 4.98 Å². The second-order valence-corrected chi connectivity index (χ2v) is 7.83. The number of thiocarbonyl (C=S) groups is 1. The van der Waals surface area contributed by atoms with E-state index in [1.54, 1.807) is 18.5 Å². The molecule has 1 atom stereocenters. The van der Waals surface area contributed by atoms with Crippen LogP contribution in [0.3, 0.4) is 0 Å². The van der Waals surface area contributed by atoms with E-state index in [1.807, 2.05) is 25.1 Å². The summed E-state index contributed by atoms with van der Waals surface area (Å²) in [7, 11) is -4.09. The number of halogens is 1. The zero-order valence-corrected chi connectivity index (χ0v) is 14.9. The van der Waals surface area contributed by atoms with Crippen LogP contribution in [0.2, 0.25) is 0 Å². The third-order valence-corrected chi connectivity index (χ3v) is 5.22. The fourth-order valence-electron chi connectivity index (χ4n) is 2.70. The highest BCUT2D eigenvalue weighted by Gasteiger charge is 2.19. The van der Waals surface area contributed by atoms with Gasteiger partial charge in [0.05, 0.1) is 0 Å². The van der Waals surface area contributed by atoms with Crippen molar-refractivity contribution in [2.75, 3.05) is 0 Å². The minimum absolute atomic E-state index is 0.0697. The lowest BCUT2D eigenvalue weighted by atomic mass is 9.88. The summed E-state index contributed by atoms with van der Waals surface area (Å²) in [6, 6.07) is 5.84. The van der Waals surface area contributed by atoms with Gasteiger partial charge in [0.2, 0.25) is 10.0 Å². The Labute approximate surface area is 151 Å². The molecular weight excluding hydrogens is 359 g/mol. The number of hydrogen-bond acceptors (Lipinski definition) is 4. The van der Waals surface area contributed by atoms with E-state index >= 15 is 0 Å². The number of aromatic nitrogens is 1. The van der Waals surface area contributed by atoms with Crippen LogP contribution in [-0.4, -0.2) is 18.3 Å². The molecule has 2 N–H and O–H groups in total. The summed E-state index contributed by atoms with van der Waals surface area (Å²) in [6.07, 6.45) is 9.10. The molecule has 3 rings (SSSR count). The quantitative estimate of drug-likeness (QED) is 0.837. The lowest BCUT2D eigenvalue weighted by molar-refractivity contribution is 0.568. The predicted molar refractivity (Wildman–Crippen MR) is 99.2 cm³/mol. The van der Waals surface area contributed by atoms with Gasteiger partial charge in [0.1, 0.15) is 10.7 Å². The van der Waals surface area contributed by atoms with Crippen molar-refractivity contribution >= 4 is 32.7 Å². The number of rotatable bonds is 3. The molecule has 0 spiro atoms. The van der Waals surface area contributed by atoms with E-state index < -0.39 is 20.7 Å². The number of aryl methyl sites for hydroxylation is 1. The molecule has 0 saturated carbocycles. The van der Waals surface area contributed by atoms with Crippen molar-refractivity contribution in [1.82, 2.24) is 4.98 Å². The molecule has 0 radical (unpaired) electrons. The molecule has 1 aromatic carbocycles. The van der Waals surface area contributed by atoms with Crippen molar-refractivity contribution in [2.24, 2.45) is 5.14 Å². The van der Waals surface area contributed by atoms with Crippen LogP contribution >= 0.6 is 12.2 Å². The maximum Gasteiger partial charge on any atom is 0.240 e. The molecule has 0 saturated heterocycles. The Morgan fingerprint density at radius 1 is 1.24 bits per heavy atom. The molecule has 1 heterocycles. The molecule has 4 nitrogen and oxygen atoms in total. The third kappa shape index (κ3) is 3.73. The molecule has 128 valence electrons. The maximum absolute atomic E-state index is 14.0. The zero-order valence-electron chi connectivity index (χ0n) is 13.3. The smallest absolute Gasteiger partial charge is 0.240 e. The van der Waals surface area contributed by atoms with Crippen LogP contribution in [0.5, 0.6) is 0 Å². The van der Waals surface area contributed by atoms with Crippen molar-refractivity contribution in [2.45, 2.75) is 17.7 Å². The van der Waals surface area contributed by atoms with E-state index in [0.717, 1.165) is 23.3 Å². The van der Waals surface area contributed by atoms with Crippen LogP contribution in [0.1, 0.15) is 22.6 Å². The minimum Gasteiger partial charge on any atom is -0.264 e. The van der Waals surface area contributed by atoms with Crippen LogP contribution in [0, 0.1) is 12.7 Å². The van der Waals surface area contributed by atoms with Crippen molar-refractivity contribution in [3.63, 3.8) is 0 Å². The van der Waals surface area contributed by atoms with Gasteiger partial charge >= 0.3 is 0 Å². The molecule has 25 heavy (non-hydrogen) atoms. The second-order valence-electron chi connectivity index (χ2n) is 5.82. The van der Waals surface area contributed by atoms with Crippen LogP contribution in [0.15, 0.2) is 59.8 Å². The van der Waals surface area contributed by atoms with E-state index in [0.29, 0.717) is 16.0 Å². The van der Waals surface area contributed by atoms with Gasteiger partial charge in [-0.2, -0.15) is 0 Å². The zero-order chi connectivity index (χ0) is 18.2. The summed E-state index contributed by atoms with van der Waals surface area (Å²) in [6.45, 7) is 1.96. The normalized spacial score (nSPS) is 17.5. The van der Waals surface area contributed by atoms with Crippen LogP contribution in [0.4, 0.5) is 4.39 Å². The van der Waals surface area contributed by atoms with Crippen LogP contribution < -0.4 is 5.14 Å². The summed E-state index contributed by atoms with van der Waals surface area (Å²) in [5.41, 5.74) is 3.28. The first-order chi connectivity index (χ1) is 11.8. The van der Waals surface area contributed by atoms with Gasteiger partial charge in [0, 0.05) is 23.2 Å². The highest BCUT2D eigenvalue weighted by atomic mass is 32.2. The number of sulfonamides is 1. The Morgan fingerprint density at radius 2 is 2.00 bits per heavy atom. The number of allylic oxidation sites excluding steroid dienone is 4. The number of benzene rings is 1. The topological polar surface area (TPSA) is 73.0 Å². The molecule has 1 aliphatic rings. The Hall–Kier alpha value is -2.22. The largest absolute Gasteiger partial charge is 0.264 e. The van der Waals surface area contributed by atoms with E-state index in [1.165, 1.54) is 6.07 Å². The highest BCUT2D eigenvalue weighted by molar-refractivity contribution is 7.89. The van der Waals surface area contributed by atoms with Crippen molar-refractivity contribution in [3.05, 3.63) is 77.4 Å². The Morgan fingerprint density at radius 3 is 2.60 bits per heavy atom. The summed E-state index contributed by atoms with van der Waals surface area (Å²) >= 11 is 5.48. The Bertz CT molecular complexity index is 1030. The minimum atomic E-state index is -4.09. The molecule has 2 aromatic rings. The van der Waals surface area contributed by atoms with Crippen molar-refractivity contribution in [3.8, 4) is 0 Å². The molecule has 0 amide bonds. The van der Waals surface area contributed by atoms with Gasteiger partial charge in [0.15, 0.2) is 0 Å². The average molecular weight is 374 g/mol. The number of primary sulfonamides is 1. The average Bonchev–Trinajstić information content (AvgIpc) is 2.53. The van der Waals surface area contributed by atoms with Gasteiger partial charge in [-0.1, -0.05) is 36.5 Å². The van der Waals surface area contributed by atoms with Crippen LogP contribution in [0.25, 0.3) is 5.57 Å². The molecule has 1 aromatic heterocycles.